The van der Waals surface area contributed by atoms with E-state index in [1.165, 1.54) is 30.0 Å². The minimum atomic E-state index is -0.518. The van der Waals surface area contributed by atoms with Crippen LogP contribution in [0.4, 0.5) is 4.39 Å². The maximum atomic E-state index is 14.4. The first-order chi connectivity index (χ1) is 16.5. The molecule has 0 fully saturated rings. The van der Waals surface area contributed by atoms with Crippen molar-refractivity contribution in [1.82, 2.24) is 9.78 Å². The molecule has 0 atom stereocenters. The van der Waals surface area contributed by atoms with Crippen molar-refractivity contribution in [2.45, 2.75) is 6.54 Å². The highest BCUT2D eigenvalue weighted by Gasteiger charge is 2.15. The summed E-state index contributed by atoms with van der Waals surface area (Å²) in [5, 5.41) is 5.29. The Bertz CT molecular complexity index is 1380. The highest BCUT2D eigenvalue weighted by atomic mass is 35.5. The van der Waals surface area contributed by atoms with E-state index in [0.717, 1.165) is 11.1 Å². The highest BCUT2D eigenvalue weighted by molar-refractivity contribution is 6.30. The van der Waals surface area contributed by atoms with Crippen molar-refractivity contribution in [2.24, 2.45) is 0 Å². The minimum Gasteiger partial charge on any atom is -0.497 e. The second-order valence-corrected chi connectivity index (χ2v) is 7.90. The van der Waals surface area contributed by atoms with Crippen LogP contribution in [0.1, 0.15) is 5.56 Å². The second-order valence-electron chi connectivity index (χ2n) is 7.46. The molecule has 0 amide bonds. The van der Waals surface area contributed by atoms with Gasteiger partial charge in [0.15, 0.2) is 11.6 Å². The van der Waals surface area contributed by atoms with Gasteiger partial charge < -0.3 is 9.47 Å². The van der Waals surface area contributed by atoms with Crippen LogP contribution in [0.5, 0.6) is 11.5 Å². The lowest BCUT2D eigenvalue weighted by atomic mass is 9.99. The molecular weight excluding hydrogens is 455 g/mol. The maximum absolute atomic E-state index is 14.4. The fourth-order valence-corrected chi connectivity index (χ4v) is 3.63. The Kier molecular flexibility index (Phi) is 7.09. The van der Waals surface area contributed by atoms with E-state index in [0.29, 0.717) is 27.6 Å². The minimum absolute atomic E-state index is 0.128. The largest absolute Gasteiger partial charge is 0.497 e. The third-order valence-corrected chi connectivity index (χ3v) is 5.53. The van der Waals surface area contributed by atoms with Crippen molar-refractivity contribution in [2.75, 3.05) is 14.2 Å². The summed E-state index contributed by atoms with van der Waals surface area (Å²) in [4.78, 5) is 12.9. The Labute approximate surface area is 201 Å². The van der Waals surface area contributed by atoms with E-state index in [9.17, 15) is 9.18 Å². The zero-order valence-electron chi connectivity index (χ0n) is 18.7. The fraction of sp³-hybridized carbons (Fsp3) is 0.111. The standard InChI is InChI=1S/C27H22ClFN2O3/c1-33-22-12-7-19(8-13-22)27-23(20-9-14-25(34-2)24(29)16-20)17-26(32)31(30-27)15-3-4-18-5-10-21(28)11-6-18/h3-14,16-17H,15H2,1-2H3. The Morgan fingerprint density at radius 2 is 1.65 bits per heavy atom. The van der Waals surface area contributed by atoms with Gasteiger partial charge in [-0.15, -0.1) is 0 Å². The number of nitrogens with zero attached hydrogens (tertiary/aromatic N) is 2. The second kappa shape index (κ2) is 10.4. The summed E-state index contributed by atoms with van der Waals surface area (Å²) >= 11 is 5.93. The number of ether oxygens (including phenoxy) is 2. The number of allylic oxidation sites excluding steroid dienone is 1. The van der Waals surface area contributed by atoms with Gasteiger partial charge in [0.1, 0.15) is 5.75 Å². The van der Waals surface area contributed by atoms with Crippen molar-refractivity contribution in [3.8, 4) is 33.9 Å². The number of rotatable bonds is 7. The van der Waals surface area contributed by atoms with E-state index in [1.807, 2.05) is 48.6 Å². The van der Waals surface area contributed by atoms with Gasteiger partial charge in [-0.3, -0.25) is 4.79 Å². The van der Waals surface area contributed by atoms with E-state index < -0.39 is 5.82 Å². The van der Waals surface area contributed by atoms with Crippen LogP contribution in [0.3, 0.4) is 0 Å². The molecule has 0 saturated heterocycles. The lowest BCUT2D eigenvalue weighted by Gasteiger charge is -2.13. The molecule has 3 aromatic carbocycles. The average Bonchev–Trinajstić information content (AvgIpc) is 2.86. The van der Waals surface area contributed by atoms with E-state index >= 15 is 0 Å². The summed E-state index contributed by atoms with van der Waals surface area (Å²) in [6, 6.07) is 20.8. The Morgan fingerprint density at radius 1 is 0.941 bits per heavy atom. The summed E-state index contributed by atoms with van der Waals surface area (Å²) in [5.41, 5.74) is 3.02. The first-order valence-corrected chi connectivity index (χ1v) is 10.9. The molecule has 1 heterocycles. The van der Waals surface area contributed by atoms with E-state index in [1.54, 1.807) is 25.3 Å². The molecule has 172 valence electrons. The predicted molar refractivity (Wildman–Crippen MR) is 133 cm³/mol. The first-order valence-electron chi connectivity index (χ1n) is 10.5. The van der Waals surface area contributed by atoms with Crippen LogP contribution in [0.25, 0.3) is 28.5 Å². The SMILES string of the molecule is COc1ccc(-c2nn(CC=Cc3ccc(Cl)cc3)c(=O)cc2-c2ccc(OC)c(F)c2)cc1. The quantitative estimate of drug-likeness (QED) is 0.323. The summed E-state index contributed by atoms with van der Waals surface area (Å²) in [6.07, 6.45) is 3.74. The average molecular weight is 477 g/mol. The van der Waals surface area contributed by atoms with Gasteiger partial charge >= 0.3 is 0 Å². The van der Waals surface area contributed by atoms with Crippen LogP contribution in [0.2, 0.25) is 5.02 Å². The zero-order valence-corrected chi connectivity index (χ0v) is 19.4. The molecule has 0 unspecified atom stereocenters. The molecule has 4 rings (SSSR count). The molecule has 7 heteroatoms. The molecule has 0 aliphatic rings. The third kappa shape index (κ3) is 5.18. The molecule has 0 N–H and O–H groups in total. The monoisotopic (exact) mass is 476 g/mol. The number of aromatic nitrogens is 2. The van der Waals surface area contributed by atoms with Crippen LogP contribution >= 0.6 is 11.6 Å². The van der Waals surface area contributed by atoms with Crippen LogP contribution in [0.15, 0.2) is 83.7 Å². The molecular formula is C27H22ClFN2O3. The van der Waals surface area contributed by atoms with Crippen molar-refractivity contribution in [1.29, 1.82) is 0 Å². The molecule has 0 bridgehead atoms. The number of benzene rings is 3. The van der Waals surface area contributed by atoms with E-state index in [4.69, 9.17) is 21.1 Å². The molecule has 0 radical (unpaired) electrons. The molecule has 0 spiro atoms. The Morgan fingerprint density at radius 3 is 2.29 bits per heavy atom. The van der Waals surface area contributed by atoms with E-state index in [-0.39, 0.29) is 17.9 Å². The smallest absolute Gasteiger partial charge is 0.267 e. The van der Waals surface area contributed by atoms with Gasteiger partial charge in [0.05, 0.1) is 26.5 Å². The molecule has 4 aromatic rings. The van der Waals surface area contributed by atoms with Gasteiger partial charge in [-0.2, -0.15) is 5.10 Å². The fourth-order valence-electron chi connectivity index (χ4n) is 3.50. The third-order valence-electron chi connectivity index (χ3n) is 5.28. The Hall–Kier alpha value is -3.90. The molecule has 0 saturated carbocycles. The van der Waals surface area contributed by atoms with Crippen LogP contribution < -0.4 is 15.0 Å². The number of hydrogen-bond acceptors (Lipinski definition) is 4. The molecule has 0 aliphatic heterocycles. The molecule has 34 heavy (non-hydrogen) atoms. The van der Waals surface area contributed by atoms with Crippen LogP contribution in [-0.4, -0.2) is 24.0 Å². The number of methoxy groups -OCH3 is 2. The summed E-state index contributed by atoms with van der Waals surface area (Å²) < 4.78 is 26.1. The van der Waals surface area contributed by atoms with Gasteiger partial charge in [-0.25, -0.2) is 9.07 Å². The van der Waals surface area contributed by atoms with Crippen molar-refractivity contribution in [3.05, 3.63) is 106 Å². The topological polar surface area (TPSA) is 53.4 Å². The number of halogens is 2. The van der Waals surface area contributed by atoms with Gasteiger partial charge in [0, 0.05) is 22.2 Å². The molecule has 0 aliphatic carbocycles. The lowest BCUT2D eigenvalue weighted by Crippen LogP contribution is -2.22. The van der Waals surface area contributed by atoms with Gasteiger partial charge in [0.2, 0.25) is 0 Å². The lowest BCUT2D eigenvalue weighted by molar-refractivity contribution is 0.386. The van der Waals surface area contributed by atoms with Crippen LogP contribution in [0, 0.1) is 5.82 Å². The van der Waals surface area contributed by atoms with E-state index in [2.05, 4.69) is 5.10 Å². The summed E-state index contributed by atoms with van der Waals surface area (Å²) in [7, 11) is 2.99. The molecule has 1 aromatic heterocycles. The normalized spacial score (nSPS) is 11.1. The maximum Gasteiger partial charge on any atom is 0.267 e. The van der Waals surface area contributed by atoms with Gasteiger partial charge in [0.25, 0.3) is 5.56 Å². The summed E-state index contributed by atoms with van der Waals surface area (Å²) in [6.45, 7) is 0.266. The van der Waals surface area contributed by atoms with Crippen LogP contribution in [-0.2, 0) is 6.54 Å². The van der Waals surface area contributed by atoms with Crippen molar-refractivity contribution in [3.63, 3.8) is 0 Å². The Balaban J connectivity index is 1.76. The molecule has 5 nitrogen and oxygen atoms in total. The van der Waals surface area contributed by atoms with Gasteiger partial charge in [-0.1, -0.05) is 42.0 Å². The van der Waals surface area contributed by atoms with Gasteiger partial charge in [-0.05, 0) is 59.7 Å². The number of hydrogen-bond donors (Lipinski definition) is 0. The highest BCUT2D eigenvalue weighted by Crippen LogP contribution is 2.32. The summed E-state index contributed by atoms with van der Waals surface area (Å²) in [5.74, 6) is 0.305. The van der Waals surface area contributed by atoms with Crippen molar-refractivity contribution < 1.29 is 13.9 Å². The van der Waals surface area contributed by atoms with Crippen molar-refractivity contribution >= 4 is 17.7 Å². The first kappa shape index (κ1) is 23.3. The zero-order chi connectivity index (χ0) is 24.1. The predicted octanol–water partition coefficient (Wildman–Crippen LogP) is 6.10.